The fraction of sp³-hybridized carbons (Fsp3) is 0.261. The molecule has 4 rings (SSSR count). The van der Waals surface area contributed by atoms with Gasteiger partial charge in [0.2, 0.25) is 0 Å². The second kappa shape index (κ2) is 7.43. The number of benzene rings is 2. The zero-order valence-electron chi connectivity index (χ0n) is 16.4. The summed E-state index contributed by atoms with van der Waals surface area (Å²) in [6.07, 6.45) is 5.18. The highest BCUT2D eigenvalue weighted by Gasteiger charge is 2.22. The van der Waals surface area contributed by atoms with Crippen LogP contribution in [0.3, 0.4) is 0 Å². The van der Waals surface area contributed by atoms with E-state index < -0.39 is 0 Å². The van der Waals surface area contributed by atoms with Gasteiger partial charge in [-0.1, -0.05) is 24.3 Å². The van der Waals surface area contributed by atoms with Gasteiger partial charge >= 0.3 is 0 Å². The summed E-state index contributed by atoms with van der Waals surface area (Å²) in [5.74, 6) is 1.23. The van der Waals surface area contributed by atoms with Gasteiger partial charge in [-0.2, -0.15) is 0 Å². The second-order valence-corrected chi connectivity index (χ2v) is 7.00. The Kier molecular flexibility index (Phi) is 4.82. The van der Waals surface area contributed by atoms with E-state index in [9.17, 15) is 4.79 Å². The number of hydrogen-bond acceptors (Lipinski definition) is 3. The van der Waals surface area contributed by atoms with Crippen LogP contribution in [0.5, 0.6) is 11.5 Å². The van der Waals surface area contributed by atoms with Crippen LogP contribution in [-0.2, 0) is 7.05 Å². The summed E-state index contributed by atoms with van der Waals surface area (Å²) in [5.41, 5.74) is 4.36. The SMILES string of the molecule is COc1cc(OC)cc(C(=O)N2CC=C(c3cn(C)c4ccccc34)CC2)c1. The molecule has 1 aromatic heterocycles. The van der Waals surface area contributed by atoms with E-state index in [0.29, 0.717) is 30.2 Å². The Morgan fingerprint density at radius 2 is 1.75 bits per heavy atom. The number of hydrogen-bond donors (Lipinski definition) is 0. The summed E-state index contributed by atoms with van der Waals surface area (Å²) in [6.45, 7) is 1.28. The Bertz CT molecular complexity index is 1040. The highest BCUT2D eigenvalue weighted by Crippen LogP contribution is 2.31. The van der Waals surface area contributed by atoms with Crippen molar-refractivity contribution >= 4 is 22.4 Å². The molecular formula is C23H24N2O3. The van der Waals surface area contributed by atoms with Gasteiger partial charge in [-0.05, 0) is 30.2 Å². The van der Waals surface area contributed by atoms with Gasteiger partial charge in [0.1, 0.15) is 11.5 Å². The predicted octanol–water partition coefficient (Wildman–Crippen LogP) is 4.13. The average molecular weight is 376 g/mol. The first-order chi connectivity index (χ1) is 13.6. The van der Waals surface area contributed by atoms with E-state index in [-0.39, 0.29) is 5.91 Å². The number of aromatic nitrogens is 1. The molecule has 5 nitrogen and oxygen atoms in total. The quantitative estimate of drug-likeness (QED) is 0.688. The molecule has 0 radical (unpaired) electrons. The first kappa shape index (κ1) is 18.2. The van der Waals surface area contributed by atoms with E-state index in [2.05, 4.69) is 48.2 Å². The third-order valence-corrected chi connectivity index (χ3v) is 5.34. The summed E-state index contributed by atoms with van der Waals surface area (Å²) >= 11 is 0. The fourth-order valence-electron chi connectivity index (χ4n) is 3.81. The van der Waals surface area contributed by atoms with E-state index in [4.69, 9.17) is 9.47 Å². The zero-order valence-corrected chi connectivity index (χ0v) is 16.4. The van der Waals surface area contributed by atoms with E-state index in [1.165, 1.54) is 22.0 Å². The largest absolute Gasteiger partial charge is 0.497 e. The molecule has 0 aliphatic carbocycles. The highest BCUT2D eigenvalue weighted by molar-refractivity contribution is 5.97. The molecule has 2 aromatic carbocycles. The van der Waals surface area contributed by atoms with Gasteiger partial charge in [0.25, 0.3) is 5.91 Å². The average Bonchev–Trinajstić information content (AvgIpc) is 3.09. The number of methoxy groups -OCH3 is 2. The Hall–Kier alpha value is -3.21. The van der Waals surface area contributed by atoms with Crippen molar-refractivity contribution in [1.29, 1.82) is 0 Å². The van der Waals surface area contributed by atoms with Crippen molar-refractivity contribution in [2.75, 3.05) is 27.3 Å². The van der Waals surface area contributed by atoms with Crippen LogP contribution in [0.2, 0.25) is 0 Å². The lowest BCUT2D eigenvalue weighted by Gasteiger charge is -2.27. The molecule has 0 spiro atoms. The van der Waals surface area contributed by atoms with Crippen LogP contribution in [0.1, 0.15) is 22.3 Å². The van der Waals surface area contributed by atoms with Gasteiger partial charge in [0.05, 0.1) is 14.2 Å². The molecule has 0 N–H and O–H groups in total. The number of amides is 1. The summed E-state index contributed by atoms with van der Waals surface area (Å²) in [4.78, 5) is 14.8. The maximum Gasteiger partial charge on any atom is 0.254 e. The first-order valence-electron chi connectivity index (χ1n) is 9.36. The predicted molar refractivity (Wildman–Crippen MR) is 111 cm³/mol. The van der Waals surface area contributed by atoms with Crippen molar-refractivity contribution in [2.24, 2.45) is 7.05 Å². The molecule has 144 valence electrons. The maximum atomic E-state index is 13.0. The summed E-state index contributed by atoms with van der Waals surface area (Å²) in [7, 11) is 5.24. The van der Waals surface area contributed by atoms with E-state index in [0.717, 1.165) is 6.42 Å². The Morgan fingerprint density at radius 1 is 1.04 bits per heavy atom. The van der Waals surface area contributed by atoms with Crippen molar-refractivity contribution in [3.05, 3.63) is 65.9 Å². The van der Waals surface area contributed by atoms with E-state index in [1.54, 1.807) is 32.4 Å². The van der Waals surface area contributed by atoms with Crippen molar-refractivity contribution in [1.82, 2.24) is 9.47 Å². The topological polar surface area (TPSA) is 43.7 Å². The number of carbonyl (C=O) groups is 1. The van der Waals surface area contributed by atoms with Crippen molar-refractivity contribution in [3.63, 3.8) is 0 Å². The molecule has 0 bridgehead atoms. The number of para-hydroxylation sites is 1. The second-order valence-electron chi connectivity index (χ2n) is 7.00. The minimum absolute atomic E-state index is 0.00887. The highest BCUT2D eigenvalue weighted by atomic mass is 16.5. The molecule has 0 unspecified atom stereocenters. The molecule has 0 atom stereocenters. The number of nitrogens with zero attached hydrogens (tertiary/aromatic N) is 2. The number of ether oxygens (including phenoxy) is 2. The number of carbonyl (C=O) groups excluding carboxylic acids is 1. The molecule has 1 aliphatic rings. The lowest BCUT2D eigenvalue weighted by atomic mass is 9.98. The minimum Gasteiger partial charge on any atom is -0.497 e. The van der Waals surface area contributed by atoms with Gasteiger partial charge < -0.3 is 18.9 Å². The Balaban J connectivity index is 1.58. The monoisotopic (exact) mass is 376 g/mol. The Morgan fingerprint density at radius 3 is 2.39 bits per heavy atom. The third-order valence-electron chi connectivity index (χ3n) is 5.34. The minimum atomic E-state index is -0.00887. The molecule has 3 aromatic rings. The van der Waals surface area contributed by atoms with E-state index in [1.807, 2.05) is 4.90 Å². The van der Waals surface area contributed by atoms with Gasteiger partial charge in [-0.3, -0.25) is 4.79 Å². The maximum absolute atomic E-state index is 13.0. The van der Waals surface area contributed by atoms with Crippen molar-refractivity contribution < 1.29 is 14.3 Å². The van der Waals surface area contributed by atoms with Crippen LogP contribution in [-0.4, -0.2) is 42.7 Å². The zero-order chi connectivity index (χ0) is 19.7. The molecule has 2 heterocycles. The number of rotatable bonds is 4. The summed E-state index contributed by atoms with van der Waals surface area (Å²) < 4.78 is 12.7. The molecule has 0 fully saturated rings. The summed E-state index contributed by atoms with van der Waals surface area (Å²) in [6, 6.07) is 13.7. The molecule has 1 amide bonds. The van der Waals surface area contributed by atoms with Crippen LogP contribution in [0.25, 0.3) is 16.5 Å². The molecule has 5 heteroatoms. The first-order valence-corrected chi connectivity index (χ1v) is 9.36. The number of aryl methyl sites for hydroxylation is 1. The van der Waals surface area contributed by atoms with Gasteiger partial charge in [0, 0.05) is 54.4 Å². The smallest absolute Gasteiger partial charge is 0.254 e. The molecular weight excluding hydrogens is 352 g/mol. The lowest BCUT2D eigenvalue weighted by Crippen LogP contribution is -2.34. The molecule has 0 saturated carbocycles. The standard InChI is InChI=1S/C23H24N2O3/c1-24-15-21(20-6-4-5-7-22(20)24)16-8-10-25(11-9-16)23(26)17-12-18(27-2)14-19(13-17)28-3/h4-8,12-15H,9-11H2,1-3H3. The third kappa shape index (κ3) is 3.24. The fourth-order valence-corrected chi connectivity index (χ4v) is 3.81. The van der Waals surface area contributed by atoms with Gasteiger partial charge in [-0.15, -0.1) is 0 Å². The van der Waals surface area contributed by atoms with Crippen molar-refractivity contribution in [2.45, 2.75) is 6.42 Å². The van der Waals surface area contributed by atoms with Gasteiger partial charge in [0.15, 0.2) is 0 Å². The van der Waals surface area contributed by atoms with Crippen LogP contribution >= 0.6 is 0 Å². The summed E-state index contributed by atoms with van der Waals surface area (Å²) in [5, 5.41) is 1.26. The molecule has 1 aliphatic heterocycles. The number of fused-ring (bicyclic) bond motifs is 1. The van der Waals surface area contributed by atoms with Gasteiger partial charge in [-0.25, -0.2) is 0 Å². The molecule has 0 saturated heterocycles. The van der Waals surface area contributed by atoms with Crippen LogP contribution < -0.4 is 9.47 Å². The lowest BCUT2D eigenvalue weighted by molar-refractivity contribution is 0.0772. The molecule has 28 heavy (non-hydrogen) atoms. The van der Waals surface area contributed by atoms with E-state index >= 15 is 0 Å². The normalized spacial score (nSPS) is 14.1. The Labute approximate surface area is 164 Å². The van der Waals surface area contributed by atoms with Crippen LogP contribution in [0, 0.1) is 0 Å². The van der Waals surface area contributed by atoms with Crippen molar-refractivity contribution in [3.8, 4) is 11.5 Å². The van der Waals surface area contributed by atoms with Crippen LogP contribution in [0.4, 0.5) is 0 Å². The van der Waals surface area contributed by atoms with Crippen LogP contribution in [0.15, 0.2) is 54.7 Å².